The number of anilines is 1. The number of hydrogen-bond acceptors (Lipinski definition) is 4. The highest BCUT2D eigenvalue weighted by atomic mass is 16.1. The lowest BCUT2D eigenvalue weighted by molar-refractivity contribution is 0.0635. The number of carbonyl (C=O) groups excluding carboxylic acids is 1. The minimum absolute atomic E-state index is 0.137. The van der Waals surface area contributed by atoms with E-state index in [9.17, 15) is 4.79 Å². The molecule has 0 saturated heterocycles. The van der Waals surface area contributed by atoms with Gasteiger partial charge in [-0.15, -0.1) is 0 Å². The van der Waals surface area contributed by atoms with Crippen molar-refractivity contribution in [3.05, 3.63) is 23.4 Å². The number of pyridine rings is 1. The van der Waals surface area contributed by atoms with Crippen LogP contribution in [0.4, 0.5) is 5.82 Å². The number of likely N-dealkylation sites (N-methyl/N-ethyl adjacent to an activating group) is 1. The van der Waals surface area contributed by atoms with E-state index in [-0.39, 0.29) is 5.78 Å². The molecule has 0 spiro atoms. The topological polar surface area (TPSA) is 59.2 Å². The molecular formula is C16H25N3O. The highest BCUT2D eigenvalue weighted by molar-refractivity contribution is 6.06. The standard InChI is InChI=1S/C16H25N3O/c1-12-10-13(15(17)18-11-12)14(20)16(19(2)3)8-6-4-5-7-9-16/h10-11H,4-9H2,1-3H3,(H2,17,18). The van der Waals surface area contributed by atoms with Crippen LogP contribution in [0.1, 0.15) is 54.4 Å². The molecule has 1 aromatic rings. The van der Waals surface area contributed by atoms with Gasteiger partial charge in [-0.25, -0.2) is 4.98 Å². The van der Waals surface area contributed by atoms with E-state index in [1.807, 2.05) is 27.1 Å². The van der Waals surface area contributed by atoms with Crippen LogP contribution >= 0.6 is 0 Å². The average Bonchev–Trinajstić information content (AvgIpc) is 2.67. The van der Waals surface area contributed by atoms with Gasteiger partial charge < -0.3 is 5.73 Å². The SMILES string of the molecule is Cc1cnc(N)c(C(=O)C2(N(C)C)CCCCCC2)c1. The van der Waals surface area contributed by atoms with E-state index in [1.165, 1.54) is 12.8 Å². The average molecular weight is 275 g/mol. The zero-order valence-electron chi connectivity index (χ0n) is 12.8. The molecule has 2 rings (SSSR count). The first-order valence-electron chi connectivity index (χ1n) is 7.42. The predicted molar refractivity (Wildman–Crippen MR) is 81.8 cm³/mol. The number of aryl methyl sites for hydroxylation is 1. The summed E-state index contributed by atoms with van der Waals surface area (Å²) < 4.78 is 0. The Bertz CT molecular complexity index is 488. The summed E-state index contributed by atoms with van der Waals surface area (Å²) in [6.45, 7) is 1.94. The third-order valence-electron chi connectivity index (χ3n) is 4.51. The number of ketones is 1. The van der Waals surface area contributed by atoms with Crippen molar-refractivity contribution in [2.75, 3.05) is 19.8 Å². The maximum Gasteiger partial charge on any atom is 0.186 e. The first-order valence-corrected chi connectivity index (χ1v) is 7.42. The second-order valence-corrected chi connectivity index (χ2v) is 6.11. The summed E-state index contributed by atoms with van der Waals surface area (Å²) in [6.07, 6.45) is 8.15. The Labute approximate surface area is 121 Å². The predicted octanol–water partition coefficient (Wildman–Crippen LogP) is 2.81. The number of nitrogen functional groups attached to an aromatic ring is 1. The van der Waals surface area contributed by atoms with E-state index < -0.39 is 5.54 Å². The summed E-state index contributed by atoms with van der Waals surface area (Å²) in [4.78, 5) is 19.4. The fourth-order valence-electron chi connectivity index (χ4n) is 3.20. The molecule has 4 heteroatoms. The van der Waals surface area contributed by atoms with Gasteiger partial charge in [-0.05, 0) is 45.5 Å². The van der Waals surface area contributed by atoms with E-state index >= 15 is 0 Å². The summed E-state index contributed by atoms with van der Waals surface area (Å²) in [5, 5.41) is 0. The van der Waals surface area contributed by atoms with Crippen LogP contribution < -0.4 is 5.73 Å². The van der Waals surface area contributed by atoms with Gasteiger partial charge in [0, 0.05) is 6.20 Å². The number of nitrogens with zero attached hydrogens (tertiary/aromatic N) is 2. The molecule has 0 bridgehead atoms. The monoisotopic (exact) mass is 275 g/mol. The number of hydrogen-bond donors (Lipinski definition) is 1. The number of carbonyl (C=O) groups is 1. The lowest BCUT2D eigenvalue weighted by atomic mass is 9.81. The van der Waals surface area contributed by atoms with Crippen LogP contribution in [0.25, 0.3) is 0 Å². The molecule has 2 N–H and O–H groups in total. The Kier molecular flexibility index (Phi) is 4.43. The zero-order chi connectivity index (χ0) is 14.8. The van der Waals surface area contributed by atoms with Crippen molar-refractivity contribution < 1.29 is 4.79 Å². The molecule has 1 fully saturated rings. The summed E-state index contributed by atoms with van der Waals surface area (Å²) in [6, 6.07) is 1.88. The molecule has 1 aliphatic carbocycles. The Hall–Kier alpha value is -1.42. The summed E-state index contributed by atoms with van der Waals surface area (Å²) in [5.74, 6) is 0.490. The third kappa shape index (κ3) is 2.70. The van der Waals surface area contributed by atoms with Crippen LogP contribution in [0.3, 0.4) is 0 Å². The molecule has 0 amide bonds. The molecule has 4 nitrogen and oxygen atoms in total. The van der Waals surface area contributed by atoms with E-state index in [0.717, 1.165) is 31.2 Å². The van der Waals surface area contributed by atoms with Crippen molar-refractivity contribution in [3.8, 4) is 0 Å². The Morgan fingerprint density at radius 2 is 1.85 bits per heavy atom. The van der Waals surface area contributed by atoms with Crippen molar-refractivity contribution in [2.45, 2.75) is 51.0 Å². The second kappa shape index (κ2) is 5.92. The first-order chi connectivity index (χ1) is 9.47. The number of Topliss-reactive ketones (excluding diaryl/α,β-unsaturated/α-hetero) is 1. The van der Waals surface area contributed by atoms with Gasteiger partial charge in [-0.2, -0.15) is 0 Å². The van der Waals surface area contributed by atoms with Crippen LogP contribution in [0.2, 0.25) is 0 Å². The molecule has 1 aliphatic rings. The quantitative estimate of drug-likeness (QED) is 0.680. The summed E-state index contributed by atoms with van der Waals surface area (Å²) in [7, 11) is 4.01. The minimum Gasteiger partial charge on any atom is -0.383 e. The first kappa shape index (κ1) is 15.0. The van der Waals surface area contributed by atoms with Crippen LogP contribution in [0.5, 0.6) is 0 Å². The van der Waals surface area contributed by atoms with Crippen LogP contribution in [0, 0.1) is 6.92 Å². The molecule has 1 aromatic heterocycles. The zero-order valence-corrected chi connectivity index (χ0v) is 12.8. The number of rotatable bonds is 3. The van der Waals surface area contributed by atoms with Gasteiger partial charge in [0.2, 0.25) is 0 Å². The summed E-state index contributed by atoms with van der Waals surface area (Å²) in [5.41, 5.74) is 7.09. The molecule has 110 valence electrons. The maximum atomic E-state index is 13.1. The molecule has 20 heavy (non-hydrogen) atoms. The lowest BCUT2D eigenvalue weighted by Crippen LogP contribution is -2.51. The fraction of sp³-hybridized carbons (Fsp3) is 0.625. The Balaban J connectivity index is 2.43. The smallest absolute Gasteiger partial charge is 0.186 e. The van der Waals surface area contributed by atoms with Crippen LogP contribution in [0.15, 0.2) is 12.3 Å². The van der Waals surface area contributed by atoms with E-state index in [1.54, 1.807) is 6.20 Å². The van der Waals surface area contributed by atoms with Crippen molar-refractivity contribution in [2.24, 2.45) is 0 Å². The van der Waals surface area contributed by atoms with Crippen LogP contribution in [-0.2, 0) is 0 Å². The van der Waals surface area contributed by atoms with Crippen LogP contribution in [-0.4, -0.2) is 35.3 Å². The van der Waals surface area contributed by atoms with Gasteiger partial charge in [0.25, 0.3) is 0 Å². The maximum absolute atomic E-state index is 13.1. The second-order valence-electron chi connectivity index (χ2n) is 6.11. The molecule has 0 aromatic carbocycles. The third-order valence-corrected chi connectivity index (χ3v) is 4.51. The van der Waals surface area contributed by atoms with Crippen molar-refractivity contribution in [1.29, 1.82) is 0 Å². The normalized spacial score (nSPS) is 18.8. The van der Waals surface area contributed by atoms with E-state index in [0.29, 0.717) is 11.4 Å². The molecule has 1 saturated carbocycles. The number of aromatic nitrogens is 1. The van der Waals surface area contributed by atoms with Gasteiger partial charge in [0.1, 0.15) is 5.82 Å². The summed E-state index contributed by atoms with van der Waals surface area (Å²) >= 11 is 0. The lowest BCUT2D eigenvalue weighted by Gasteiger charge is -2.38. The van der Waals surface area contributed by atoms with Gasteiger partial charge in [0.05, 0.1) is 11.1 Å². The van der Waals surface area contributed by atoms with Crippen molar-refractivity contribution in [3.63, 3.8) is 0 Å². The van der Waals surface area contributed by atoms with Gasteiger partial charge >= 0.3 is 0 Å². The fourth-order valence-corrected chi connectivity index (χ4v) is 3.20. The molecule has 0 aliphatic heterocycles. The molecule has 0 atom stereocenters. The van der Waals surface area contributed by atoms with E-state index in [4.69, 9.17) is 5.73 Å². The Morgan fingerprint density at radius 1 is 1.25 bits per heavy atom. The van der Waals surface area contributed by atoms with Gasteiger partial charge in [-0.1, -0.05) is 25.7 Å². The van der Waals surface area contributed by atoms with Gasteiger partial charge in [-0.3, -0.25) is 9.69 Å². The Morgan fingerprint density at radius 3 is 2.40 bits per heavy atom. The minimum atomic E-state index is -0.417. The van der Waals surface area contributed by atoms with E-state index in [2.05, 4.69) is 9.88 Å². The molecule has 1 heterocycles. The molecule has 0 radical (unpaired) electrons. The highest BCUT2D eigenvalue weighted by Gasteiger charge is 2.41. The van der Waals surface area contributed by atoms with Crippen molar-refractivity contribution in [1.82, 2.24) is 9.88 Å². The highest BCUT2D eigenvalue weighted by Crippen LogP contribution is 2.35. The van der Waals surface area contributed by atoms with Gasteiger partial charge in [0.15, 0.2) is 5.78 Å². The van der Waals surface area contributed by atoms with Crippen molar-refractivity contribution >= 4 is 11.6 Å². The largest absolute Gasteiger partial charge is 0.383 e. The number of nitrogens with two attached hydrogens (primary N) is 1. The molecular weight excluding hydrogens is 250 g/mol. The molecule has 0 unspecified atom stereocenters.